The molecule has 0 atom stereocenters. The van der Waals surface area contributed by atoms with Crippen LogP contribution >= 0.6 is 23.7 Å². The van der Waals surface area contributed by atoms with Gasteiger partial charge < -0.3 is 10.2 Å². The minimum absolute atomic E-state index is 0. The molecule has 0 unspecified atom stereocenters. The van der Waals surface area contributed by atoms with E-state index in [1.807, 2.05) is 0 Å². The predicted molar refractivity (Wildman–Crippen MR) is 141 cm³/mol. The first-order chi connectivity index (χ1) is 15.8. The molecule has 1 saturated heterocycles. The van der Waals surface area contributed by atoms with Crippen LogP contribution in [-0.2, 0) is 9.84 Å². The van der Waals surface area contributed by atoms with E-state index in [1.165, 1.54) is 28.0 Å². The Balaban J connectivity index is 0.00000324. The van der Waals surface area contributed by atoms with Crippen LogP contribution in [0.5, 0.6) is 0 Å². The summed E-state index contributed by atoms with van der Waals surface area (Å²) < 4.78 is 25.4. The molecule has 184 valence electrons. The van der Waals surface area contributed by atoms with Gasteiger partial charge in [-0.15, -0.1) is 12.4 Å². The Kier molecular flexibility index (Phi) is 8.57. The molecule has 0 radical (unpaired) electrons. The molecule has 7 nitrogen and oxygen atoms in total. The lowest BCUT2D eigenvalue weighted by Crippen LogP contribution is -2.48. The number of nitrogens with one attached hydrogen (secondary N) is 1. The highest BCUT2D eigenvalue weighted by atomic mass is 35.5. The molecule has 1 aliphatic rings. The number of aryl methyl sites for hydroxylation is 2. The van der Waals surface area contributed by atoms with Crippen LogP contribution in [0.2, 0.25) is 0 Å². The van der Waals surface area contributed by atoms with Crippen LogP contribution in [0, 0.1) is 13.8 Å². The molecule has 0 spiro atoms. The molecule has 34 heavy (non-hydrogen) atoms. The van der Waals surface area contributed by atoms with Gasteiger partial charge in [-0.3, -0.25) is 9.69 Å². The molecule has 0 aliphatic carbocycles. The van der Waals surface area contributed by atoms with Crippen LogP contribution < -0.4 is 10.2 Å². The molecule has 1 aromatic heterocycles. The molecule has 2 heterocycles. The van der Waals surface area contributed by atoms with E-state index in [9.17, 15) is 13.2 Å². The lowest BCUT2D eigenvalue weighted by atomic mass is 10.1. The van der Waals surface area contributed by atoms with E-state index >= 15 is 0 Å². The summed E-state index contributed by atoms with van der Waals surface area (Å²) in [7, 11) is -3.33. The van der Waals surface area contributed by atoms with Crippen molar-refractivity contribution in [2.75, 3.05) is 49.9 Å². The number of fused-ring (bicyclic) bond motifs is 1. The first kappa shape index (κ1) is 26.4. The molecular formula is C24H31ClN4O3S2. The van der Waals surface area contributed by atoms with Gasteiger partial charge in [-0.25, -0.2) is 13.4 Å². The zero-order valence-corrected chi connectivity index (χ0v) is 22.2. The lowest BCUT2D eigenvalue weighted by molar-refractivity contribution is 0.0947. The summed E-state index contributed by atoms with van der Waals surface area (Å²) in [5, 5.41) is 3.99. The standard InChI is InChI=1S/C24H30N4O3S2.ClH/c1-4-33(30,31)20-7-5-6-19(16-20)23(29)25-8-9-27-10-12-28(13-11-27)24-26-21-15-17(2)14-18(3)22(21)32-24;/h5-7,14-16H,4,8-13H2,1-3H3,(H,25,29);1H. The van der Waals surface area contributed by atoms with E-state index in [1.54, 1.807) is 30.4 Å². The molecule has 1 fully saturated rings. The van der Waals surface area contributed by atoms with Gasteiger partial charge in [0.1, 0.15) is 0 Å². The second-order valence-corrected chi connectivity index (χ2v) is 11.7. The van der Waals surface area contributed by atoms with Gasteiger partial charge in [-0.05, 0) is 49.2 Å². The van der Waals surface area contributed by atoms with Gasteiger partial charge in [0, 0.05) is 44.8 Å². The number of carbonyl (C=O) groups excluding carboxylic acids is 1. The number of thiazole rings is 1. The molecule has 0 bridgehead atoms. The maximum absolute atomic E-state index is 12.5. The Hall–Kier alpha value is -2.20. The zero-order chi connectivity index (χ0) is 23.6. The van der Waals surface area contributed by atoms with Crippen LogP contribution in [-0.4, -0.2) is 69.2 Å². The van der Waals surface area contributed by atoms with Crippen molar-refractivity contribution in [3.05, 3.63) is 53.1 Å². The number of anilines is 1. The fourth-order valence-electron chi connectivity index (χ4n) is 4.09. The Morgan fingerprint density at radius 3 is 2.56 bits per heavy atom. The fourth-order valence-corrected chi connectivity index (χ4v) is 6.08. The summed E-state index contributed by atoms with van der Waals surface area (Å²) >= 11 is 1.76. The highest BCUT2D eigenvalue weighted by molar-refractivity contribution is 7.91. The molecule has 1 N–H and O–H groups in total. The van der Waals surface area contributed by atoms with Gasteiger partial charge in [0.25, 0.3) is 5.91 Å². The minimum atomic E-state index is -3.33. The van der Waals surface area contributed by atoms with Gasteiger partial charge in [-0.1, -0.05) is 30.4 Å². The van der Waals surface area contributed by atoms with Gasteiger partial charge in [0.15, 0.2) is 15.0 Å². The van der Waals surface area contributed by atoms with Crippen molar-refractivity contribution in [2.45, 2.75) is 25.7 Å². The number of hydrogen-bond acceptors (Lipinski definition) is 7. The van der Waals surface area contributed by atoms with Crippen molar-refractivity contribution in [1.29, 1.82) is 0 Å². The average molecular weight is 523 g/mol. The fraction of sp³-hybridized carbons (Fsp3) is 0.417. The van der Waals surface area contributed by atoms with Crippen LogP contribution in [0.3, 0.4) is 0 Å². The number of rotatable bonds is 7. The molecule has 3 aromatic rings. The number of aromatic nitrogens is 1. The first-order valence-electron chi connectivity index (χ1n) is 11.2. The van der Waals surface area contributed by atoms with Crippen LogP contribution in [0.25, 0.3) is 10.2 Å². The van der Waals surface area contributed by atoms with Crippen LogP contribution in [0.15, 0.2) is 41.3 Å². The Labute approximate surface area is 211 Å². The topological polar surface area (TPSA) is 82.6 Å². The summed E-state index contributed by atoms with van der Waals surface area (Å²) in [6.45, 7) is 10.7. The number of amides is 1. The number of hydrogen-bond donors (Lipinski definition) is 1. The maximum atomic E-state index is 12.5. The van der Waals surface area contributed by atoms with E-state index in [0.29, 0.717) is 12.1 Å². The normalized spacial score (nSPS) is 14.7. The Morgan fingerprint density at radius 1 is 1.12 bits per heavy atom. The van der Waals surface area contributed by atoms with E-state index in [2.05, 4.69) is 41.1 Å². The second-order valence-electron chi connectivity index (χ2n) is 8.44. The zero-order valence-electron chi connectivity index (χ0n) is 19.7. The molecule has 0 saturated carbocycles. The van der Waals surface area contributed by atoms with E-state index in [-0.39, 0.29) is 29.0 Å². The summed E-state index contributed by atoms with van der Waals surface area (Å²) in [5.41, 5.74) is 3.97. The van der Waals surface area contributed by atoms with Crippen molar-refractivity contribution in [2.24, 2.45) is 0 Å². The summed E-state index contributed by atoms with van der Waals surface area (Å²) in [5.74, 6) is -0.234. The highest BCUT2D eigenvalue weighted by Crippen LogP contribution is 2.32. The Morgan fingerprint density at radius 2 is 1.85 bits per heavy atom. The summed E-state index contributed by atoms with van der Waals surface area (Å²) in [6, 6.07) is 10.6. The second kappa shape index (κ2) is 11.0. The maximum Gasteiger partial charge on any atom is 0.251 e. The number of nitrogens with zero attached hydrogens (tertiary/aromatic N) is 3. The third kappa shape index (κ3) is 5.89. The average Bonchev–Trinajstić information content (AvgIpc) is 3.24. The number of piperazine rings is 1. The Bertz CT molecular complexity index is 1270. The van der Waals surface area contributed by atoms with E-state index in [0.717, 1.165) is 43.4 Å². The lowest BCUT2D eigenvalue weighted by Gasteiger charge is -2.34. The van der Waals surface area contributed by atoms with Crippen LogP contribution in [0.1, 0.15) is 28.4 Å². The van der Waals surface area contributed by atoms with Crippen molar-refractivity contribution >= 4 is 54.8 Å². The monoisotopic (exact) mass is 522 g/mol. The van der Waals surface area contributed by atoms with Crippen molar-refractivity contribution in [1.82, 2.24) is 15.2 Å². The first-order valence-corrected chi connectivity index (χ1v) is 13.7. The van der Waals surface area contributed by atoms with Gasteiger partial charge in [0.2, 0.25) is 0 Å². The van der Waals surface area contributed by atoms with Crippen molar-refractivity contribution in [3.8, 4) is 0 Å². The molecule has 1 aliphatic heterocycles. The third-order valence-corrected chi connectivity index (χ3v) is 9.00. The smallest absolute Gasteiger partial charge is 0.251 e. The van der Waals surface area contributed by atoms with Crippen LogP contribution in [0.4, 0.5) is 5.13 Å². The summed E-state index contributed by atoms with van der Waals surface area (Å²) in [6.07, 6.45) is 0. The highest BCUT2D eigenvalue weighted by Gasteiger charge is 2.20. The molecule has 1 amide bonds. The number of halogens is 1. The van der Waals surface area contributed by atoms with E-state index in [4.69, 9.17) is 4.98 Å². The van der Waals surface area contributed by atoms with Gasteiger partial charge >= 0.3 is 0 Å². The predicted octanol–water partition coefficient (Wildman–Crippen LogP) is 3.68. The molecule has 10 heteroatoms. The quantitative estimate of drug-likeness (QED) is 0.509. The van der Waals surface area contributed by atoms with Gasteiger partial charge in [0.05, 0.1) is 20.9 Å². The molecule has 2 aromatic carbocycles. The summed E-state index contributed by atoms with van der Waals surface area (Å²) in [4.78, 5) is 22.2. The minimum Gasteiger partial charge on any atom is -0.351 e. The third-order valence-electron chi connectivity index (χ3n) is 6.00. The molecule has 4 rings (SSSR count). The SMILES string of the molecule is CCS(=O)(=O)c1cccc(C(=O)NCCN2CCN(c3nc4cc(C)cc(C)c4s3)CC2)c1.Cl. The molecular weight excluding hydrogens is 492 g/mol. The number of carbonyl (C=O) groups is 1. The van der Waals surface area contributed by atoms with Gasteiger partial charge in [-0.2, -0.15) is 0 Å². The largest absolute Gasteiger partial charge is 0.351 e. The van der Waals surface area contributed by atoms with Crippen molar-refractivity contribution in [3.63, 3.8) is 0 Å². The number of sulfone groups is 1. The number of benzene rings is 2. The van der Waals surface area contributed by atoms with E-state index < -0.39 is 9.84 Å². The van der Waals surface area contributed by atoms with Crippen molar-refractivity contribution < 1.29 is 13.2 Å².